The third kappa shape index (κ3) is 3.15. The number of halogens is 1. The predicted molar refractivity (Wildman–Crippen MR) is 90.2 cm³/mol. The number of nitrogens with zero attached hydrogens (tertiary/aromatic N) is 1. The van der Waals surface area contributed by atoms with Crippen molar-refractivity contribution in [2.45, 2.75) is 39.8 Å². The van der Waals surface area contributed by atoms with Crippen LogP contribution < -0.4 is 10.1 Å². The van der Waals surface area contributed by atoms with E-state index in [0.29, 0.717) is 0 Å². The van der Waals surface area contributed by atoms with Crippen LogP contribution >= 0.6 is 27.3 Å². The van der Waals surface area contributed by atoms with Crippen molar-refractivity contribution >= 4 is 27.3 Å². The zero-order chi connectivity index (χ0) is 15.0. The topological polar surface area (TPSA) is 34.2 Å². The van der Waals surface area contributed by atoms with E-state index < -0.39 is 0 Å². The Labute approximate surface area is 137 Å². The summed E-state index contributed by atoms with van der Waals surface area (Å²) >= 11 is 5.35. The van der Waals surface area contributed by atoms with Gasteiger partial charge in [0.15, 0.2) is 0 Å². The molecule has 3 nitrogen and oxygen atoms in total. The molecule has 2 heterocycles. The van der Waals surface area contributed by atoms with E-state index in [9.17, 15) is 0 Å². The summed E-state index contributed by atoms with van der Waals surface area (Å²) in [5, 5.41) is 4.70. The lowest BCUT2D eigenvalue weighted by atomic mass is 10.1. The number of rotatable bonds is 4. The molecule has 5 heteroatoms. The monoisotopic (exact) mass is 366 g/mol. The molecule has 1 aliphatic heterocycles. The normalized spacial score (nSPS) is 14.9. The van der Waals surface area contributed by atoms with Gasteiger partial charge in [-0.05, 0) is 38.5 Å². The minimum Gasteiger partial charge on any atom is -0.493 e. The first-order chi connectivity index (χ1) is 10.0. The smallest absolute Gasteiger partial charge is 0.127 e. The van der Waals surface area contributed by atoms with E-state index in [1.54, 1.807) is 11.3 Å². The first-order valence-corrected chi connectivity index (χ1v) is 8.77. The van der Waals surface area contributed by atoms with Crippen molar-refractivity contribution in [3.8, 4) is 5.75 Å². The fraction of sp³-hybridized carbons (Fsp3) is 0.438. The highest BCUT2D eigenvalue weighted by Gasteiger charge is 2.19. The fourth-order valence-corrected chi connectivity index (χ4v) is 4.25. The molecule has 21 heavy (non-hydrogen) atoms. The summed E-state index contributed by atoms with van der Waals surface area (Å²) in [7, 11) is 0. The lowest BCUT2D eigenvalue weighted by molar-refractivity contribution is 0.351. The van der Waals surface area contributed by atoms with Crippen LogP contribution in [0.15, 0.2) is 16.6 Å². The third-order valence-corrected chi connectivity index (χ3v) is 5.13. The number of nitrogens with one attached hydrogen (secondary N) is 1. The highest BCUT2D eigenvalue weighted by atomic mass is 79.9. The van der Waals surface area contributed by atoms with Crippen LogP contribution in [0.25, 0.3) is 0 Å². The van der Waals surface area contributed by atoms with Crippen LogP contribution in [0.3, 0.4) is 0 Å². The van der Waals surface area contributed by atoms with Crippen molar-refractivity contribution in [1.29, 1.82) is 0 Å². The quantitative estimate of drug-likeness (QED) is 0.875. The number of benzene rings is 1. The minimum absolute atomic E-state index is 0.242. The van der Waals surface area contributed by atoms with Crippen LogP contribution in [-0.4, -0.2) is 11.6 Å². The van der Waals surface area contributed by atoms with E-state index in [1.165, 1.54) is 16.0 Å². The van der Waals surface area contributed by atoms with Crippen LogP contribution in [-0.2, 0) is 13.0 Å². The number of ether oxygens (including phenoxy) is 1. The molecule has 0 amide bonds. The highest BCUT2D eigenvalue weighted by molar-refractivity contribution is 9.10. The molecule has 0 fully saturated rings. The average molecular weight is 367 g/mol. The Balaban J connectivity index is 1.75. The molecule has 1 aromatic carbocycles. The largest absolute Gasteiger partial charge is 0.493 e. The molecule has 0 spiro atoms. The molecule has 1 aromatic heterocycles. The molecule has 0 bridgehead atoms. The van der Waals surface area contributed by atoms with Crippen LogP contribution in [0.1, 0.15) is 39.7 Å². The second-order valence-corrected chi connectivity index (χ2v) is 7.75. The Morgan fingerprint density at radius 3 is 2.95 bits per heavy atom. The van der Waals surface area contributed by atoms with Gasteiger partial charge in [-0.25, -0.2) is 4.98 Å². The van der Waals surface area contributed by atoms with Crippen molar-refractivity contribution in [1.82, 2.24) is 10.3 Å². The summed E-state index contributed by atoms with van der Waals surface area (Å²) in [4.78, 5) is 5.92. The van der Waals surface area contributed by atoms with Gasteiger partial charge in [-0.15, -0.1) is 11.3 Å². The van der Waals surface area contributed by atoms with Gasteiger partial charge in [0.1, 0.15) is 5.75 Å². The first kappa shape index (κ1) is 15.0. The Morgan fingerprint density at radius 2 is 2.24 bits per heavy atom. The van der Waals surface area contributed by atoms with Gasteiger partial charge in [0.05, 0.1) is 17.3 Å². The molecule has 1 N–H and O–H groups in total. The molecule has 1 aliphatic rings. The molecule has 0 saturated heterocycles. The van der Waals surface area contributed by atoms with Gasteiger partial charge in [0.25, 0.3) is 0 Å². The number of hydrogen-bond donors (Lipinski definition) is 1. The van der Waals surface area contributed by atoms with Crippen molar-refractivity contribution in [2.24, 2.45) is 0 Å². The van der Waals surface area contributed by atoms with E-state index in [2.05, 4.69) is 59.1 Å². The summed E-state index contributed by atoms with van der Waals surface area (Å²) < 4.78 is 6.90. The summed E-state index contributed by atoms with van der Waals surface area (Å²) in [6, 6.07) is 4.54. The van der Waals surface area contributed by atoms with Gasteiger partial charge in [-0.2, -0.15) is 0 Å². The Kier molecular flexibility index (Phi) is 4.33. The standard InChI is InChI=1S/C16H19BrN2OS/c1-9(15-10(2)21-11(3)19-15)18-8-13-7-14(17)6-12-4-5-20-16(12)13/h6-7,9,18H,4-5,8H2,1-3H3. The molecule has 1 atom stereocenters. The highest BCUT2D eigenvalue weighted by Crippen LogP contribution is 2.33. The zero-order valence-electron chi connectivity index (χ0n) is 12.5. The van der Waals surface area contributed by atoms with Crippen LogP contribution in [0.2, 0.25) is 0 Å². The Bertz CT molecular complexity index is 669. The van der Waals surface area contributed by atoms with E-state index in [-0.39, 0.29) is 6.04 Å². The molecule has 0 radical (unpaired) electrons. The summed E-state index contributed by atoms with van der Waals surface area (Å²) in [6.07, 6.45) is 1.00. The van der Waals surface area contributed by atoms with Crippen molar-refractivity contribution in [3.05, 3.63) is 43.3 Å². The SMILES string of the molecule is Cc1nc(C(C)NCc2cc(Br)cc3c2OCC3)c(C)s1. The summed E-state index contributed by atoms with van der Waals surface area (Å²) in [5.74, 6) is 1.06. The number of thiazole rings is 1. The molecule has 0 aliphatic carbocycles. The summed E-state index contributed by atoms with van der Waals surface area (Å²) in [5.41, 5.74) is 3.67. The van der Waals surface area contributed by atoms with Gasteiger partial charge in [-0.1, -0.05) is 15.9 Å². The van der Waals surface area contributed by atoms with E-state index in [4.69, 9.17) is 4.74 Å². The lowest BCUT2D eigenvalue weighted by Gasteiger charge is -2.15. The van der Waals surface area contributed by atoms with Gasteiger partial charge < -0.3 is 10.1 Å². The molecule has 2 aromatic rings. The second kappa shape index (κ2) is 6.07. The Hall–Kier alpha value is -0.910. The summed E-state index contributed by atoms with van der Waals surface area (Å²) in [6.45, 7) is 7.94. The molecule has 112 valence electrons. The average Bonchev–Trinajstić information content (AvgIpc) is 3.01. The Morgan fingerprint density at radius 1 is 1.43 bits per heavy atom. The van der Waals surface area contributed by atoms with Gasteiger partial charge in [0.2, 0.25) is 0 Å². The van der Waals surface area contributed by atoms with Crippen LogP contribution in [0.4, 0.5) is 0 Å². The van der Waals surface area contributed by atoms with E-state index >= 15 is 0 Å². The molecule has 1 unspecified atom stereocenters. The maximum absolute atomic E-state index is 5.78. The minimum atomic E-state index is 0.242. The van der Waals surface area contributed by atoms with Crippen molar-refractivity contribution in [2.75, 3.05) is 6.61 Å². The van der Waals surface area contributed by atoms with Crippen LogP contribution in [0.5, 0.6) is 5.75 Å². The van der Waals surface area contributed by atoms with Crippen LogP contribution in [0, 0.1) is 13.8 Å². The second-order valence-electron chi connectivity index (χ2n) is 5.43. The van der Waals surface area contributed by atoms with Crippen molar-refractivity contribution < 1.29 is 4.74 Å². The van der Waals surface area contributed by atoms with Gasteiger partial charge in [0, 0.05) is 33.9 Å². The maximum Gasteiger partial charge on any atom is 0.127 e. The predicted octanol–water partition coefficient (Wildman–Crippen LogP) is 4.31. The molecular formula is C16H19BrN2OS. The third-order valence-electron chi connectivity index (χ3n) is 3.77. The molecule has 3 rings (SSSR count). The lowest BCUT2D eigenvalue weighted by Crippen LogP contribution is -2.19. The molecular weight excluding hydrogens is 348 g/mol. The van der Waals surface area contributed by atoms with E-state index in [0.717, 1.165) is 40.5 Å². The number of hydrogen-bond acceptors (Lipinski definition) is 4. The van der Waals surface area contributed by atoms with Gasteiger partial charge in [-0.3, -0.25) is 0 Å². The number of aromatic nitrogens is 1. The zero-order valence-corrected chi connectivity index (χ0v) is 14.9. The maximum atomic E-state index is 5.78. The molecule has 0 saturated carbocycles. The number of aryl methyl sites for hydroxylation is 2. The van der Waals surface area contributed by atoms with E-state index in [1.807, 2.05) is 0 Å². The first-order valence-electron chi connectivity index (χ1n) is 7.16. The van der Waals surface area contributed by atoms with Crippen molar-refractivity contribution in [3.63, 3.8) is 0 Å². The van der Waals surface area contributed by atoms with Gasteiger partial charge >= 0.3 is 0 Å². The number of fused-ring (bicyclic) bond motifs is 1. The fourth-order valence-electron chi connectivity index (χ4n) is 2.78.